The molecule has 0 N–H and O–H groups in total. The van der Waals surface area contributed by atoms with Crippen LogP contribution in [0.1, 0.15) is 0 Å². The topological polar surface area (TPSA) is 6.48 Å². The zero-order chi connectivity index (χ0) is 26.5. The largest absolute Gasteiger partial charge is 0.311 e. The van der Waals surface area contributed by atoms with Crippen LogP contribution in [0.3, 0.4) is 0 Å². The first-order valence-corrected chi connectivity index (χ1v) is 19.3. The van der Waals surface area contributed by atoms with E-state index < -0.39 is 17.6 Å². The summed E-state index contributed by atoms with van der Waals surface area (Å²) in [6.45, 7) is 9.91. The van der Waals surface area contributed by atoms with E-state index in [1.54, 1.807) is 10.4 Å². The van der Waals surface area contributed by atoms with Gasteiger partial charge in [0.25, 0.3) is 0 Å². The molecule has 0 aromatic heterocycles. The predicted octanol–water partition coefficient (Wildman–Crippen LogP) is 8.01. The summed E-state index contributed by atoms with van der Waals surface area (Å²) < 4.78 is 0. The van der Waals surface area contributed by atoms with Crippen molar-refractivity contribution in [1.29, 1.82) is 0 Å². The maximum atomic E-state index is 2.48. The van der Waals surface area contributed by atoms with Crippen molar-refractivity contribution in [1.82, 2.24) is 0 Å². The highest BCUT2D eigenvalue weighted by atomic mass is 28.3. The number of nitrogens with zero attached hydrogens (tertiary/aromatic N) is 2. The highest BCUT2D eigenvalue weighted by molar-refractivity contribution is 6.84. The van der Waals surface area contributed by atoms with E-state index in [9.17, 15) is 0 Å². The highest BCUT2D eigenvalue weighted by Crippen LogP contribution is 2.37. The van der Waals surface area contributed by atoms with Gasteiger partial charge in [-0.3, -0.25) is 0 Å². The molecule has 0 fully saturated rings. The van der Waals surface area contributed by atoms with E-state index >= 15 is 0 Å². The van der Waals surface area contributed by atoms with Gasteiger partial charge in [0, 0.05) is 34.1 Å². The van der Waals surface area contributed by atoms with Gasteiger partial charge in [-0.25, -0.2) is 0 Å². The summed E-state index contributed by atoms with van der Waals surface area (Å²) in [7, 11) is -2.52. The van der Waals surface area contributed by atoms with Gasteiger partial charge in [0.2, 0.25) is 0 Å². The average molecular weight is 529 g/mol. The minimum absolute atomic E-state index is 1.20. The molecule has 0 atom stereocenters. The van der Waals surface area contributed by atoms with Crippen LogP contribution in [0.25, 0.3) is 0 Å². The Bertz CT molecular complexity index is 1260. The van der Waals surface area contributed by atoms with Crippen LogP contribution >= 0.6 is 0 Å². The molecule has 0 amide bonds. The van der Waals surface area contributed by atoms with Gasteiger partial charge in [0.1, 0.15) is 0 Å². The molecule has 2 nitrogen and oxygen atoms in total. The first-order chi connectivity index (χ1) is 18.6. The second-order valence-electron chi connectivity index (χ2n) is 10.3. The van der Waals surface area contributed by atoms with Crippen LogP contribution < -0.4 is 20.2 Å². The zero-order valence-corrected chi connectivity index (χ0v) is 25.1. The van der Waals surface area contributed by atoms with E-state index in [-0.39, 0.29) is 0 Å². The Morgan fingerprint density at radius 1 is 0.342 bits per heavy atom. The number of para-hydroxylation sites is 4. The second kappa shape index (κ2) is 11.7. The Labute approximate surface area is 231 Å². The number of hydrogen-bond donors (Lipinski definition) is 0. The first-order valence-electron chi connectivity index (χ1n) is 13.5. The molecule has 0 radical (unpaired) electrons. The zero-order valence-electron chi connectivity index (χ0n) is 22.8. The second-order valence-corrected chi connectivity index (χ2v) is 16.0. The van der Waals surface area contributed by atoms with Gasteiger partial charge in [-0.1, -0.05) is 99.0 Å². The van der Waals surface area contributed by atoms with Gasteiger partial charge in [-0.2, -0.15) is 0 Å². The molecule has 0 aliphatic carbocycles. The molecule has 5 aromatic rings. The van der Waals surface area contributed by atoms with E-state index in [1.807, 2.05) is 0 Å². The average Bonchev–Trinajstić information content (AvgIpc) is 2.96. The molecule has 0 spiro atoms. The summed E-state index contributed by atoms with van der Waals surface area (Å²) in [5.74, 6) is 0. The van der Waals surface area contributed by atoms with Crippen molar-refractivity contribution < 1.29 is 0 Å². The Balaban J connectivity index is 1.80. The van der Waals surface area contributed by atoms with Crippen LogP contribution in [-0.4, -0.2) is 17.6 Å². The van der Waals surface area contributed by atoms with Gasteiger partial charge in [0.05, 0.1) is 17.6 Å². The van der Waals surface area contributed by atoms with Gasteiger partial charge >= 0.3 is 0 Å². The Kier molecular flexibility index (Phi) is 7.92. The summed E-state index contributed by atoms with van der Waals surface area (Å²) in [6, 6.07) is 48.0. The summed E-state index contributed by atoms with van der Waals surface area (Å²) in [5.41, 5.74) is 7.43. The van der Waals surface area contributed by atoms with Crippen LogP contribution in [-0.2, 0) is 0 Å². The number of anilines is 6. The molecule has 4 heteroatoms. The summed E-state index contributed by atoms with van der Waals surface area (Å²) in [5, 5.41) is 3.16. The predicted molar refractivity (Wildman–Crippen MR) is 173 cm³/mol. The molecule has 0 saturated heterocycles. The van der Waals surface area contributed by atoms with Crippen molar-refractivity contribution in [2.24, 2.45) is 0 Å². The Morgan fingerprint density at radius 3 is 0.789 bits per heavy atom. The van der Waals surface area contributed by atoms with Crippen molar-refractivity contribution >= 4 is 62.1 Å². The molecule has 5 rings (SSSR count). The van der Waals surface area contributed by atoms with Crippen LogP contribution in [0.5, 0.6) is 0 Å². The molecule has 0 unspecified atom stereocenters. The lowest BCUT2D eigenvalue weighted by Crippen LogP contribution is -2.48. The molecule has 0 aliphatic heterocycles. The SMILES string of the molecule is C[SiH](C)c1c(N(c2ccccc2)c2ccccc2)ccc(N(c2ccccc2)c2ccccc2)c1[SiH](C)C. The van der Waals surface area contributed by atoms with Crippen molar-refractivity contribution in [3.8, 4) is 0 Å². The third-order valence-electron chi connectivity index (χ3n) is 6.94. The maximum Gasteiger partial charge on any atom is 0.0674 e. The Morgan fingerprint density at radius 2 is 0.579 bits per heavy atom. The molecular weight excluding hydrogens is 493 g/mol. The van der Waals surface area contributed by atoms with Crippen molar-refractivity contribution in [2.45, 2.75) is 26.2 Å². The highest BCUT2D eigenvalue weighted by Gasteiger charge is 2.27. The first kappa shape index (κ1) is 25.8. The van der Waals surface area contributed by atoms with E-state index in [1.165, 1.54) is 34.1 Å². The smallest absolute Gasteiger partial charge is 0.0674 e. The molecule has 0 heterocycles. The van der Waals surface area contributed by atoms with Crippen molar-refractivity contribution in [3.63, 3.8) is 0 Å². The van der Waals surface area contributed by atoms with Crippen molar-refractivity contribution in [3.05, 3.63) is 133 Å². The van der Waals surface area contributed by atoms with Gasteiger partial charge in [-0.15, -0.1) is 0 Å². The lowest BCUT2D eigenvalue weighted by molar-refractivity contribution is 1.27. The lowest BCUT2D eigenvalue weighted by Gasteiger charge is -2.35. The minimum Gasteiger partial charge on any atom is -0.311 e. The monoisotopic (exact) mass is 528 g/mol. The minimum atomic E-state index is -1.26. The van der Waals surface area contributed by atoms with Crippen LogP contribution in [0.2, 0.25) is 26.2 Å². The molecule has 38 heavy (non-hydrogen) atoms. The quantitative estimate of drug-likeness (QED) is 0.188. The standard InChI is InChI=1S/C34H36N2Si2/c1-37(2)33-31(35(27-17-9-5-10-18-27)28-19-11-6-12-20-28)25-26-32(34(33)38(3)4)36(29-21-13-7-14-22-29)30-23-15-8-16-24-30/h5-26,37-38H,1-4H3. The molecule has 0 bridgehead atoms. The molecule has 0 aliphatic rings. The normalized spacial score (nSPS) is 11.1. The van der Waals surface area contributed by atoms with Crippen LogP contribution in [0, 0.1) is 0 Å². The van der Waals surface area contributed by atoms with E-state index in [4.69, 9.17) is 0 Å². The van der Waals surface area contributed by atoms with E-state index in [0.717, 1.165) is 0 Å². The molecular formula is C34H36N2Si2. The third kappa shape index (κ3) is 5.24. The Hall–Kier alpha value is -3.87. The summed E-state index contributed by atoms with van der Waals surface area (Å²) >= 11 is 0. The summed E-state index contributed by atoms with van der Waals surface area (Å²) in [6.07, 6.45) is 0. The van der Waals surface area contributed by atoms with Crippen LogP contribution in [0.15, 0.2) is 133 Å². The van der Waals surface area contributed by atoms with Crippen molar-refractivity contribution in [2.75, 3.05) is 9.80 Å². The number of hydrogen-bond acceptors (Lipinski definition) is 2. The lowest BCUT2D eigenvalue weighted by atomic mass is 10.1. The fraction of sp³-hybridized carbons (Fsp3) is 0.118. The van der Waals surface area contributed by atoms with E-state index in [2.05, 4.69) is 169 Å². The number of benzene rings is 5. The maximum absolute atomic E-state index is 2.48. The van der Waals surface area contributed by atoms with Gasteiger partial charge < -0.3 is 9.80 Å². The van der Waals surface area contributed by atoms with Gasteiger partial charge in [-0.05, 0) is 71.0 Å². The third-order valence-corrected chi connectivity index (χ3v) is 10.8. The fourth-order valence-corrected chi connectivity index (χ4v) is 10.6. The number of rotatable bonds is 8. The van der Waals surface area contributed by atoms with Gasteiger partial charge in [0.15, 0.2) is 0 Å². The fourth-order valence-electron chi connectivity index (χ4n) is 5.38. The molecule has 0 saturated carbocycles. The summed E-state index contributed by atoms with van der Waals surface area (Å²) in [4.78, 5) is 4.92. The molecule has 5 aromatic carbocycles. The van der Waals surface area contributed by atoms with E-state index in [0.29, 0.717) is 0 Å². The van der Waals surface area contributed by atoms with Crippen LogP contribution in [0.4, 0.5) is 34.1 Å². The molecule has 190 valence electrons.